The third-order valence-corrected chi connectivity index (χ3v) is 4.61. The van der Waals surface area contributed by atoms with Gasteiger partial charge in [-0.05, 0) is 24.1 Å². The minimum Gasteiger partial charge on any atom is -0.284 e. The van der Waals surface area contributed by atoms with Gasteiger partial charge < -0.3 is 0 Å². The largest absolute Gasteiger partial charge is 0.284 e. The van der Waals surface area contributed by atoms with E-state index < -0.39 is 9.84 Å². The van der Waals surface area contributed by atoms with Crippen molar-refractivity contribution in [3.8, 4) is 0 Å². The molecule has 2 aromatic rings. The molecule has 1 aliphatic rings. The summed E-state index contributed by atoms with van der Waals surface area (Å²) in [6.45, 7) is 0.778. The van der Waals surface area contributed by atoms with E-state index in [4.69, 9.17) is 0 Å². The number of rotatable bonds is 2. The third-order valence-electron chi connectivity index (χ3n) is 3.48. The monoisotopic (exact) mass is 285 g/mol. The molecule has 0 saturated heterocycles. The number of hydrogen-bond donors (Lipinski definition) is 0. The van der Waals surface area contributed by atoms with Crippen LogP contribution in [0.2, 0.25) is 0 Å². The fraction of sp³-hybridized carbons (Fsp3) is 0.188. The summed E-state index contributed by atoms with van der Waals surface area (Å²) in [5, 5.41) is 0. The summed E-state index contributed by atoms with van der Waals surface area (Å²) in [6.07, 6.45) is 2.18. The van der Waals surface area contributed by atoms with Crippen molar-refractivity contribution in [2.45, 2.75) is 11.3 Å². The van der Waals surface area contributed by atoms with Crippen LogP contribution in [0.25, 0.3) is 0 Å². The van der Waals surface area contributed by atoms with Crippen LogP contribution in [0.4, 0.5) is 0 Å². The average molecular weight is 285 g/mol. The molecule has 0 aliphatic carbocycles. The first kappa shape index (κ1) is 13.1. The quantitative estimate of drug-likeness (QED) is 0.851. The molecule has 0 bridgehead atoms. The third kappa shape index (κ3) is 2.39. The summed E-state index contributed by atoms with van der Waals surface area (Å²) >= 11 is 0. The maximum absolute atomic E-state index is 11.5. The molecule has 0 spiro atoms. The lowest BCUT2D eigenvalue weighted by Gasteiger charge is -2.17. The minimum absolute atomic E-state index is 0.339. The molecule has 3 nitrogen and oxygen atoms in total. The summed E-state index contributed by atoms with van der Waals surface area (Å²) in [5.41, 5.74) is 4.35. The van der Waals surface area contributed by atoms with Gasteiger partial charge in [-0.25, -0.2) is 8.42 Å². The molecule has 0 atom stereocenters. The van der Waals surface area contributed by atoms with Crippen LogP contribution in [0, 0.1) is 0 Å². The molecule has 102 valence electrons. The van der Waals surface area contributed by atoms with Crippen molar-refractivity contribution in [2.24, 2.45) is 4.99 Å². The molecule has 0 amide bonds. The lowest BCUT2D eigenvalue weighted by molar-refractivity contribution is 0.602. The van der Waals surface area contributed by atoms with E-state index in [9.17, 15) is 8.42 Å². The smallest absolute Gasteiger partial charge is 0.175 e. The lowest BCUT2D eigenvalue weighted by atomic mass is 9.93. The van der Waals surface area contributed by atoms with Gasteiger partial charge in [-0.1, -0.05) is 36.4 Å². The molecule has 20 heavy (non-hydrogen) atoms. The van der Waals surface area contributed by atoms with E-state index in [-0.39, 0.29) is 0 Å². The van der Waals surface area contributed by atoms with Gasteiger partial charge in [-0.3, -0.25) is 4.99 Å². The average Bonchev–Trinajstić information content (AvgIpc) is 2.46. The number of fused-ring (bicyclic) bond motifs is 1. The normalized spacial score (nSPS) is 14.6. The first-order valence-electron chi connectivity index (χ1n) is 6.49. The van der Waals surface area contributed by atoms with Crippen LogP contribution in [0.15, 0.2) is 58.4 Å². The minimum atomic E-state index is -3.15. The van der Waals surface area contributed by atoms with Crippen molar-refractivity contribution in [3.05, 3.63) is 65.2 Å². The van der Waals surface area contributed by atoms with Crippen molar-refractivity contribution in [1.82, 2.24) is 0 Å². The highest BCUT2D eigenvalue weighted by Gasteiger charge is 2.15. The van der Waals surface area contributed by atoms with Crippen molar-refractivity contribution >= 4 is 15.5 Å². The van der Waals surface area contributed by atoms with Gasteiger partial charge in [0.05, 0.1) is 10.6 Å². The zero-order valence-electron chi connectivity index (χ0n) is 11.2. The second-order valence-electron chi connectivity index (χ2n) is 4.93. The van der Waals surface area contributed by atoms with Gasteiger partial charge in [0.2, 0.25) is 0 Å². The van der Waals surface area contributed by atoms with Gasteiger partial charge in [0.25, 0.3) is 0 Å². The molecular weight excluding hydrogens is 270 g/mol. The SMILES string of the molecule is CS(=O)(=O)c1ccc(C2=NCCc3ccccc32)cc1. The zero-order valence-corrected chi connectivity index (χ0v) is 12.0. The predicted octanol–water partition coefficient (Wildman–Crippen LogP) is 2.48. The number of aliphatic imine (C=N–C) groups is 1. The first-order chi connectivity index (χ1) is 9.55. The van der Waals surface area contributed by atoms with Gasteiger partial charge in [-0.2, -0.15) is 0 Å². The summed E-state index contributed by atoms with van der Waals surface area (Å²) in [5.74, 6) is 0. The van der Waals surface area contributed by atoms with Crippen LogP contribution < -0.4 is 0 Å². The number of sulfone groups is 1. The highest BCUT2D eigenvalue weighted by molar-refractivity contribution is 7.90. The Bertz CT molecular complexity index is 774. The molecule has 0 aromatic heterocycles. The van der Waals surface area contributed by atoms with Gasteiger partial charge in [-0.15, -0.1) is 0 Å². The number of nitrogens with zero attached hydrogens (tertiary/aromatic N) is 1. The predicted molar refractivity (Wildman–Crippen MR) is 80.2 cm³/mol. The van der Waals surface area contributed by atoms with E-state index in [1.54, 1.807) is 12.1 Å². The zero-order chi connectivity index (χ0) is 14.2. The van der Waals surface area contributed by atoms with E-state index in [2.05, 4.69) is 17.1 Å². The molecular formula is C16H15NO2S. The summed E-state index contributed by atoms with van der Waals surface area (Å²) < 4.78 is 23.0. The summed E-state index contributed by atoms with van der Waals surface area (Å²) in [4.78, 5) is 4.94. The standard InChI is InChI=1S/C16H15NO2S/c1-20(18,19)14-8-6-13(7-9-14)16-15-5-3-2-4-12(15)10-11-17-16/h2-9H,10-11H2,1H3. The van der Waals surface area contributed by atoms with E-state index >= 15 is 0 Å². The van der Waals surface area contributed by atoms with Gasteiger partial charge in [0.1, 0.15) is 0 Å². The van der Waals surface area contributed by atoms with Crippen LogP contribution >= 0.6 is 0 Å². The fourth-order valence-corrected chi connectivity index (χ4v) is 3.08. The Hall–Kier alpha value is -1.94. The Morgan fingerprint density at radius 1 is 1.00 bits per heavy atom. The topological polar surface area (TPSA) is 46.5 Å². The van der Waals surface area contributed by atoms with Crippen LogP contribution in [-0.4, -0.2) is 26.9 Å². The van der Waals surface area contributed by atoms with Crippen molar-refractivity contribution < 1.29 is 8.42 Å². The van der Waals surface area contributed by atoms with Crippen LogP contribution in [0.3, 0.4) is 0 Å². The van der Waals surface area contributed by atoms with E-state index in [1.807, 2.05) is 24.3 Å². The second kappa shape index (κ2) is 4.87. The fourth-order valence-electron chi connectivity index (χ4n) is 2.45. The molecule has 0 fully saturated rings. The van der Waals surface area contributed by atoms with Gasteiger partial charge >= 0.3 is 0 Å². The van der Waals surface area contributed by atoms with Crippen molar-refractivity contribution in [1.29, 1.82) is 0 Å². The van der Waals surface area contributed by atoms with Crippen LogP contribution in [-0.2, 0) is 16.3 Å². The Balaban J connectivity index is 2.04. The first-order valence-corrected chi connectivity index (χ1v) is 8.38. The molecule has 1 aliphatic heterocycles. The molecule has 1 heterocycles. The molecule has 0 N–H and O–H groups in total. The molecule has 0 unspecified atom stereocenters. The maximum atomic E-state index is 11.5. The Labute approximate surface area is 118 Å². The Morgan fingerprint density at radius 2 is 1.70 bits per heavy atom. The molecule has 3 rings (SSSR count). The highest BCUT2D eigenvalue weighted by atomic mass is 32.2. The van der Waals surface area contributed by atoms with Crippen molar-refractivity contribution in [2.75, 3.05) is 12.8 Å². The second-order valence-corrected chi connectivity index (χ2v) is 6.95. The summed E-state index contributed by atoms with van der Waals surface area (Å²) in [7, 11) is -3.15. The van der Waals surface area contributed by atoms with Crippen LogP contribution in [0.5, 0.6) is 0 Å². The molecule has 4 heteroatoms. The molecule has 0 saturated carbocycles. The Kier molecular flexibility index (Phi) is 3.18. The molecule has 2 aromatic carbocycles. The van der Waals surface area contributed by atoms with Crippen molar-refractivity contribution in [3.63, 3.8) is 0 Å². The number of benzene rings is 2. The maximum Gasteiger partial charge on any atom is 0.175 e. The van der Waals surface area contributed by atoms with E-state index in [0.29, 0.717) is 4.90 Å². The van der Waals surface area contributed by atoms with E-state index in [1.165, 1.54) is 11.8 Å². The van der Waals surface area contributed by atoms with E-state index in [0.717, 1.165) is 29.8 Å². The lowest BCUT2D eigenvalue weighted by Crippen LogP contribution is -2.14. The summed E-state index contributed by atoms with van der Waals surface area (Å²) in [6, 6.07) is 15.2. The molecule has 0 radical (unpaired) electrons. The van der Waals surface area contributed by atoms with Gasteiger partial charge in [0, 0.05) is 23.9 Å². The highest BCUT2D eigenvalue weighted by Crippen LogP contribution is 2.21. The van der Waals surface area contributed by atoms with Gasteiger partial charge in [0.15, 0.2) is 9.84 Å². The Morgan fingerprint density at radius 3 is 2.40 bits per heavy atom. The number of hydrogen-bond acceptors (Lipinski definition) is 3. The van der Waals surface area contributed by atoms with Crippen LogP contribution in [0.1, 0.15) is 16.7 Å².